The summed E-state index contributed by atoms with van der Waals surface area (Å²) in [4.78, 5) is 24.6. The van der Waals surface area contributed by atoms with Crippen LogP contribution in [0.15, 0.2) is 16.9 Å². The van der Waals surface area contributed by atoms with Gasteiger partial charge in [0.05, 0.1) is 6.54 Å². The van der Waals surface area contributed by atoms with Crippen molar-refractivity contribution < 1.29 is 14.3 Å². The van der Waals surface area contributed by atoms with Gasteiger partial charge < -0.3 is 14.4 Å². The maximum Gasteiger partial charge on any atom is 0.410 e. The molecular weight excluding hydrogens is 274 g/mol. The average Bonchev–Trinajstić information content (AvgIpc) is 2.40. The molecule has 0 saturated carbocycles. The Bertz CT molecular complexity index is 529. The maximum atomic E-state index is 12.0. The highest BCUT2D eigenvalue weighted by Gasteiger charge is 2.28. The molecular formula is C14H21N3O4. The Morgan fingerprint density at radius 3 is 2.81 bits per heavy atom. The summed E-state index contributed by atoms with van der Waals surface area (Å²) in [7, 11) is 0. The van der Waals surface area contributed by atoms with Crippen molar-refractivity contribution in [2.45, 2.75) is 45.3 Å². The van der Waals surface area contributed by atoms with Crippen LogP contribution >= 0.6 is 0 Å². The molecule has 0 aliphatic carbocycles. The number of nitrogens with one attached hydrogen (secondary N) is 1. The van der Waals surface area contributed by atoms with E-state index in [1.165, 1.54) is 12.1 Å². The third-order valence-electron chi connectivity index (χ3n) is 2.97. The van der Waals surface area contributed by atoms with Gasteiger partial charge in [0.2, 0.25) is 5.88 Å². The first kappa shape index (κ1) is 15.3. The summed E-state index contributed by atoms with van der Waals surface area (Å²) in [6, 6.07) is 2.88. The van der Waals surface area contributed by atoms with Gasteiger partial charge in [-0.15, -0.1) is 5.10 Å². The summed E-state index contributed by atoms with van der Waals surface area (Å²) in [6.07, 6.45) is 1.20. The summed E-state index contributed by atoms with van der Waals surface area (Å²) in [5, 5.41) is 6.13. The van der Waals surface area contributed by atoms with Crippen molar-refractivity contribution in [2.75, 3.05) is 13.1 Å². The first-order valence-electron chi connectivity index (χ1n) is 7.04. The molecule has 1 aliphatic rings. The molecule has 1 aromatic heterocycles. The van der Waals surface area contributed by atoms with Crippen molar-refractivity contribution in [2.24, 2.45) is 0 Å². The van der Waals surface area contributed by atoms with Gasteiger partial charge in [0, 0.05) is 18.7 Å². The fraction of sp³-hybridized carbons (Fsp3) is 0.643. The van der Waals surface area contributed by atoms with Gasteiger partial charge in [-0.05, 0) is 33.6 Å². The molecule has 21 heavy (non-hydrogen) atoms. The van der Waals surface area contributed by atoms with Crippen LogP contribution in [0.2, 0.25) is 0 Å². The van der Waals surface area contributed by atoms with E-state index in [1.54, 1.807) is 4.90 Å². The fourth-order valence-electron chi connectivity index (χ4n) is 2.09. The Morgan fingerprint density at radius 2 is 2.19 bits per heavy atom. The molecule has 1 fully saturated rings. The average molecular weight is 295 g/mol. The van der Waals surface area contributed by atoms with Gasteiger partial charge in [-0.3, -0.25) is 4.79 Å². The van der Waals surface area contributed by atoms with Crippen molar-refractivity contribution >= 4 is 6.09 Å². The molecule has 0 aromatic carbocycles. The molecule has 1 aromatic rings. The van der Waals surface area contributed by atoms with E-state index in [0.29, 0.717) is 19.0 Å². The fourth-order valence-corrected chi connectivity index (χ4v) is 2.09. The Labute approximate surface area is 123 Å². The Morgan fingerprint density at radius 1 is 1.43 bits per heavy atom. The minimum atomic E-state index is -0.509. The van der Waals surface area contributed by atoms with Crippen molar-refractivity contribution in [3.63, 3.8) is 0 Å². The summed E-state index contributed by atoms with van der Waals surface area (Å²) in [5.41, 5.74) is -0.785. The predicted molar refractivity (Wildman–Crippen MR) is 76.3 cm³/mol. The van der Waals surface area contributed by atoms with Crippen LogP contribution in [0, 0.1) is 0 Å². The van der Waals surface area contributed by atoms with E-state index in [1.807, 2.05) is 20.8 Å². The molecule has 7 nitrogen and oxygen atoms in total. The highest BCUT2D eigenvalue weighted by molar-refractivity contribution is 5.68. The van der Waals surface area contributed by atoms with E-state index in [-0.39, 0.29) is 17.8 Å². The third kappa shape index (κ3) is 4.77. The zero-order valence-corrected chi connectivity index (χ0v) is 12.6. The minimum Gasteiger partial charge on any atom is -0.471 e. The molecule has 1 unspecified atom stereocenters. The molecule has 0 radical (unpaired) electrons. The highest BCUT2D eigenvalue weighted by Crippen LogP contribution is 2.18. The molecule has 116 valence electrons. The number of carbonyl (C=O) groups is 1. The molecule has 1 saturated heterocycles. The predicted octanol–water partition coefficient (Wildman–Crippen LogP) is 1.55. The number of carbonyl (C=O) groups excluding carboxylic acids is 1. The van der Waals surface area contributed by atoms with E-state index in [2.05, 4.69) is 10.2 Å². The van der Waals surface area contributed by atoms with Crippen LogP contribution in [0.3, 0.4) is 0 Å². The number of H-pyrrole nitrogens is 1. The van der Waals surface area contributed by atoms with Crippen LogP contribution in [-0.4, -0.2) is 46.0 Å². The first-order chi connectivity index (χ1) is 9.83. The maximum absolute atomic E-state index is 12.0. The number of aromatic nitrogens is 2. The standard InChI is InChI=1S/C14H21N3O4/c1-14(2,3)21-13(19)17-8-4-5-10(9-17)20-12-7-6-11(18)15-16-12/h6-7,10H,4-5,8-9H2,1-3H3,(H,15,18). The number of hydrogen-bond acceptors (Lipinski definition) is 5. The number of piperidine rings is 1. The van der Waals surface area contributed by atoms with Crippen LogP contribution in [0.5, 0.6) is 5.88 Å². The smallest absolute Gasteiger partial charge is 0.410 e. The molecule has 7 heteroatoms. The molecule has 2 heterocycles. The number of rotatable bonds is 2. The lowest BCUT2D eigenvalue weighted by Gasteiger charge is -2.33. The van der Waals surface area contributed by atoms with E-state index in [0.717, 1.165) is 12.8 Å². The van der Waals surface area contributed by atoms with E-state index in [9.17, 15) is 9.59 Å². The van der Waals surface area contributed by atoms with Gasteiger partial charge in [0.25, 0.3) is 5.56 Å². The monoisotopic (exact) mass is 295 g/mol. The van der Waals surface area contributed by atoms with E-state index < -0.39 is 5.60 Å². The lowest BCUT2D eigenvalue weighted by atomic mass is 10.1. The normalized spacial score (nSPS) is 19.2. The van der Waals surface area contributed by atoms with Crippen molar-refractivity contribution in [1.29, 1.82) is 0 Å². The minimum absolute atomic E-state index is 0.148. The molecule has 2 rings (SSSR count). The SMILES string of the molecule is CC(C)(C)OC(=O)N1CCCC(Oc2ccc(=O)[nH]n2)C1. The van der Waals surface area contributed by atoms with Crippen molar-refractivity contribution in [3.05, 3.63) is 22.5 Å². The van der Waals surface area contributed by atoms with Gasteiger partial charge in [-0.2, -0.15) is 0 Å². The molecule has 1 atom stereocenters. The molecule has 0 bridgehead atoms. The zero-order chi connectivity index (χ0) is 15.5. The Hall–Kier alpha value is -2.05. The number of amides is 1. The summed E-state index contributed by atoms with van der Waals surface area (Å²) in [5.74, 6) is 0.352. The van der Waals surface area contributed by atoms with E-state index in [4.69, 9.17) is 9.47 Å². The van der Waals surface area contributed by atoms with Gasteiger partial charge in [-0.1, -0.05) is 0 Å². The topological polar surface area (TPSA) is 84.5 Å². The number of likely N-dealkylation sites (tertiary alicyclic amines) is 1. The van der Waals surface area contributed by atoms with Crippen LogP contribution in [0.4, 0.5) is 4.79 Å². The first-order valence-corrected chi connectivity index (χ1v) is 7.04. The Kier molecular flexibility index (Phi) is 4.50. The second-order valence-electron chi connectivity index (χ2n) is 6.07. The number of nitrogens with zero attached hydrogens (tertiary/aromatic N) is 2. The lowest BCUT2D eigenvalue weighted by molar-refractivity contribution is 0.00711. The summed E-state index contributed by atoms with van der Waals surface area (Å²) < 4.78 is 11.0. The summed E-state index contributed by atoms with van der Waals surface area (Å²) in [6.45, 7) is 6.64. The quantitative estimate of drug-likeness (QED) is 0.894. The van der Waals surface area contributed by atoms with Crippen molar-refractivity contribution in [3.8, 4) is 5.88 Å². The van der Waals surface area contributed by atoms with Gasteiger partial charge in [0.15, 0.2) is 0 Å². The van der Waals surface area contributed by atoms with Crippen LogP contribution < -0.4 is 10.3 Å². The molecule has 1 amide bonds. The highest BCUT2D eigenvalue weighted by atomic mass is 16.6. The van der Waals surface area contributed by atoms with Crippen LogP contribution in [0.25, 0.3) is 0 Å². The van der Waals surface area contributed by atoms with Crippen LogP contribution in [0.1, 0.15) is 33.6 Å². The molecule has 1 N–H and O–H groups in total. The third-order valence-corrected chi connectivity index (χ3v) is 2.97. The van der Waals surface area contributed by atoms with E-state index >= 15 is 0 Å². The number of aromatic amines is 1. The largest absolute Gasteiger partial charge is 0.471 e. The Balaban J connectivity index is 1.93. The number of hydrogen-bond donors (Lipinski definition) is 1. The second-order valence-corrected chi connectivity index (χ2v) is 6.07. The molecule has 0 spiro atoms. The second kappa shape index (κ2) is 6.15. The number of ether oxygens (including phenoxy) is 2. The van der Waals surface area contributed by atoms with Crippen molar-refractivity contribution in [1.82, 2.24) is 15.1 Å². The van der Waals surface area contributed by atoms with Gasteiger partial charge in [0.1, 0.15) is 11.7 Å². The van der Waals surface area contributed by atoms with Gasteiger partial charge >= 0.3 is 6.09 Å². The lowest BCUT2D eigenvalue weighted by Crippen LogP contribution is -2.46. The molecule has 1 aliphatic heterocycles. The summed E-state index contributed by atoms with van der Waals surface area (Å²) >= 11 is 0. The van der Waals surface area contributed by atoms with Crippen LogP contribution in [-0.2, 0) is 4.74 Å². The zero-order valence-electron chi connectivity index (χ0n) is 12.6. The van der Waals surface area contributed by atoms with Gasteiger partial charge in [-0.25, -0.2) is 9.89 Å².